The van der Waals surface area contributed by atoms with Crippen LogP contribution in [0, 0.1) is 11.8 Å². The largest absolute Gasteiger partial charge is 0.465 e. The fourth-order valence-corrected chi connectivity index (χ4v) is 3.39. The monoisotopic (exact) mass is 283 g/mol. The molecule has 2 N–H and O–H groups in total. The second kappa shape index (κ2) is 6.43. The fraction of sp³-hybridized carbons (Fsp3) is 0.857. The standard InChI is InChI=1S/C14H25N3O3/c1-10(15-11(2)18)6-16-5-3-4-12(7-16)13-8-17(9-13)14(19)20/h10,12-13H,3-9H2,1-2H3,(H,15,18)(H,19,20)/t10?,12-/m0/s1. The minimum absolute atomic E-state index is 0.0159. The van der Waals surface area contributed by atoms with Gasteiger partial charge in [0.2, 0.25) is 5.91 Å². The molecular weight excluding hydrogens is 258 g/mol. The molecule has 1 unspecified atom stereocenters. The van der Waals surface area contributed by atoms with Crippen LogP contribution in [0.1, 0.15) is 26.7 Å². The Hall–Kier alpha value is -1.30. The minimum atomic E-state index is -0.798. The molecular formula is C14H25N3O3. The van der Waals surface area contributed by atoms with Crippen LogP contribution in [0.5, 0.6) is 0 Å². The Morgan fingerprint density at radius 1 is 1.30 bits per heavy atom. The highest BCUT2D eigenvalue weighted by atomic mass is 16.4. The predicted octanol–water partition coefficient (Wildman–Crippen LogP) is 0.833. The Bertz CT molecular complexity index is 369. The van der Waals surface area contributed by atoms with Crippen molar-refractivity contribution in [3.8, 4) is 0 Å². The van der Waals surface area contributed by atoms with Gasteiger partial charge >= 0.3 is 6.09 Å². The third-order valence-electron chi connectivity index (χ3n) is 4.37. The molecule has 0 spiro atoms. The van der Waals surface area contributed by atoms with E-state index in [2.05, 4.69) is 10.2 Å². The Morgan fingerprint density at radius 3 is 2.60 bits per heavy atom. The molecule has 2 rings (SSSR count). The Labute approximate surface area is 120 Å². The number of carbonyl (C=O) groups excluding carboxylic acids is 1. The van der Waals surface area contributed by atoms with Gasteiger partial charge in [-0.2, -0.15) is 0 Å². The summed E-state index contributed by atoms with van der Waals surface area (Å²) in [6, 6.07) is 0.170. The van der Waals surface area contributed by atoms with Crippen LogP contribution in [-0.4, -0.2) is 65.7 Å². The fourth-order valence-electron chi connectivity index (χ4n) is 3.39. The molecule has 0 radical (unpaired) electrons. The van der Waals surface area contributed by atoms with E-state index in [0.717, 1.165) is 19.6 Å². The molecule has 6 heteroatoms. The molecule has 2 atom stereocenters. The zero-order valence-electron chi connectivity index (χ0n) is 12.3. The summed E-state index contributed by atoms with van der Waals surface area (Å²) in [6.45, 7) is 7.94. The van der Waals surface area contributed by atoms with Gasteiger partial charge in [-0.05, 0) is 38.1 Å². The molecule has 0 saturated carbocycles. The highest BCUT2D eigenvalue weighted by Crippen LogP contribution is 2.30. The molecule has 2 aliphatic heterocycles. The second-order valence-corrected chi connectivity index (χ2v) is 6.21. The number of nitrogens with one attached hydrogen (secondary N) is 1. The molecule has 20 heavy (non-hydrogen) atoms. The highest BCUT2D eigenvalue weighted by molar-refractivity contribution is 5.73. The first-order valence-corrected chi connectivity index (χ1v) is 7.43. The van der Waals surface area contributed by atoms with Gasteiger partial charge in [-0.25, -0.2) is 4.79 Å². The Kier molecular flexibility index (Phi) is 4.86. The zero-order chi connectivity index (χ0) is 14.7. The third-order valence-corrected chi connectivity index (χ3v) is 4.37. The first-order chi connectivity index (χ1) is 9.45. The summed E-state index contributed by atoms with van der Waals surface area (Å²) < 4.78 is 0. The SMILES string of the molecule is CC(=O)NC(C)CN1CCC[C@H](C2CN(C(=O)O)C2)C1. The lowest BCUT2D eigenvalue weighted by Gasteiger charge is -2.45. The molecule has 2 heterocycles. The van der Waals surface area contributed by atoms with Crippen LogP contribution in [0.2, 0.25) is 0 Å². The first-order valence-electron chi connectivity index (χ1n) is 7.43. The van der Waals surface area contributed by atoms with Crippen molar-refractivity contribution >= 4 is 12.0 Å². The third kappa shape index (κ3) is 3.85. The van der Waals surface area contributed by atoms with E-state index in [1.807, 2.05) is 6.92 Å². The summed E-state index contributed by atoms with van der Waals surface area (Å²) in [7, 11) is 0. The van der Waals surface area contributed by atoms with Crippen LogP contribution in [0.3, 0.4) is 0 Å². The van der Waals surface area contributed by atoms with Gasteiger partial charge in [0.15, 0.2) is 0 Å². The van der Waals surface area contributed by atoms with Crippen LogP contribution in [-0.2, 0) is 4.79 Å². The molecule has 0 bridgehead atoms. The lowest BCUT2D eigenvalue weighted by molar-refractivity contribution is -0.119. The van der Waals surface area contributed by atoms with Gasteiger partial charge in [-0.15, -0.1) is 0 Å². The minimum Gasteiger partial charge on any atom is -0.465 e. The molecule has 114 valence electrons. The van der Waals surface area contributed by atoms with Gasteiger partial charge < -0.3 is 20.2 Å². The van der Waals surface area contributed by atoms with Crippen molar-refractivity contribution < 1.29 is 14.7 Å². The van der Waals surface area contributed by atoms with E-state index in [-0.39, 0.29) is 11.9 Å². The molecule has 2 aliphatic rings. The summed E-state index contributed by atoms with van der Waals surface area (Å²) in [5.74, 6) is 1.14. The summed E-state index contributed by atoms with van der Waals surface area (Å²) in [5, 5.41) is 11.8. The molecule has 2 fully saturated rings. The molecule has 0 aromatic heterocycles. The number of likely N-dealkylation sites (tertiary alicyclic amines) is 2. The van der Waals surface area contributed by atoms with Crippen molar-refractivity contribution in [2.24, 2.45) is 11.8 Å². The maximum Gasteiger partial charge on any atom is 0.407 e. The number of carboxylic acid groups (broad SMARTS) is 1. The van der Waals surface area contributed by atoms with E-state index in [0.29, 0.717) is 24.9 Å². The lowest BCUT2D eigenvalue weighted by Crippen LogP contribution is -2.55. The lowest BCUT2D eigenvalue weighted by atomic mass is 9.81. The van der Waals surface area contributed by atoms with E-state index in [1.54, 1.807) is 6.92 Å². The molecule has 0 aromatic rings. The molecule has 0 aromatic carbocycles. The van der Waals surface area contributed by atoms with Crippen molar-refractivity contribution in [1.29, 1.82) is 0 Å². The van der Waals surface area contributed by atoms with Gasteiger partial charge in [0, 0.05) is 39.1 Å². The molecule has 0 aliphatic carbocycles. The summed E-state index contributed by atoms with van der Waals surface area (Å²) in [6.07, 6.45) is 1.57. The van der Waals surface area contributed by atoms with E-state index < -0.39 is 6.09 Å². The van der Waals surface area contributed by atoms with Crippen LogP contribution in [0.15, 0.2) is 0 Å². The number of hydrogen-bond donors (Lipinski definition) is 2. The average Bonchev–Trinajstić information content (AvgIpc) is 2.25. The van der Waals surface area contributed by atoms with Gasteiger partial charge in [0.25, 0.3) is 0 Å². The molecule has 6 nitrogen and oxygen atoms in total. The van der Waals surface area contributed by atoms with Gasteiger partial charge in [0.1, 0.15) is 0 Å². The number of nitrogens with zero attached hydrogens (tertiary/aromatic N) is 2. The zero-order valence-corrected chi connectivity index (χ0v) is 12.3. The maximum absolute atomic E-state index is 11.0. The van der Waals surface area contributed by atoms with E-state index >= 15 is 0 Å². The smallest absolute Gasteiger partial charge is 0.407 e. The van der Waals surface area contributed by atoms with Crippen LogP contribution < -0.4 is 5.32 Å². The van der Waals surface area contributed by atoms with Crippen molar-refractivity contribution in [3.05, 3.63) is 0 Å². The topological polar surface area (TPSA) is 72.9 Å². The predicted molar refractivity (Wildman–Crippen MR) is 75.5 cm³/mol. The molecule has 2 amide bonds. The Balaban J connectivity index is 1.75. The van der Waals surface area contributed by atoms with Crippen LogP contribution in [0.25, 0.3) is 0 Å². The van der Waals surface area contributed by atoms with Crippen molar-refractivity contribution in [3.63, 3.8) is 0 Å². The van der Waals surface area contributed by atoms with Gasteiger partial charge in [-0.3, -0.25) is 4.79 Å². The average molecular weight is 283 g/mol. The summed E-state index contributed by atoms with van der Waals surface area (Å²) in [4.78, 5) is 25.7. The summed E-state index contributed by atoms with van der Waals surface area (Å²) in [5.41, 5.74) is 0. The molecule has 2 saturated heterocycles. The quantitative estimate of drug-likeness (QED) is 0.801. The number of carbonyl (C=O) groups is 2. The maximum atomic E-state index is 11.0. The van der Waals surface area contributed by atoms with Crippen molar-refractivity contribution in [2.75, 3.05) is 32.7 Å². The normalized spacial score (nSPS) is 25.9. The van der Waals surface area contributed by atoms with E-state index in [4.69, 9.17) is 5.11 Å². The second-order valence-electron chi connectivity index (χ2n) is 6.21. The number of piperidine rings is 1. The van der Waals surface area contributed by atoms with Crippen LogP contribution >= 0.6 is 0 Å². The van der Waals surface area contributed by atoms with Crippen molar-refractivity contribution in [2.45, 2.75) is 32.7 Å². The highest BCUT2D eigenvalue weighted by Gasteiger charge is 2.37. The van der Waals surface area contributed by atoms with Crippen LogP contribution in [0.4, 0.5) is 4.79 Å². The number of amides is 2. The Morgan fingerprint density at radius 2 is 2.00 bits per heavy atom. The number of rotatable bonds is 4. The number of hydrogen-bond acceptors (Lipinski definition) is 3. The van der Waals surface area contributed by atoms with E-state index in [9.17, 15) is 9.59 Å². The first kappa shape index (κ1) is 15.1. The summed E-state index contributed by atoms with van der Waals surface area (Å²) >= 11 is 0. The van der Waals surface area contributed by atoms with Gasteiger partial charge in [0.05, 0.1) is 0 Å². The van der Waals surface area contributed by atoms with E-state index in [1.165, 1.54) is 17.7 Å². The van der Waals surface area contributed by atoms with Gasteiger partial charge in [-0.1, -0.05) is 0 Å². The van der Waals surface area contributed by atoms with Crippen molar-refractivity contribution in [1.82, 2.24) is 15.1 Å².